The molecule has 6 nitrogen and oxygen atoms in total. The van der Waals surface area contributed by atoms with Crippen LogP contribution in [0.5, 0.6) is 5.75 Å². The van der Waals surface area contributed by atoms with Crippen LogP contribution in [-0.2, 0) is 6.61 Å². The third kappa shape index (κ3) is 5.33. The second-order valence-corrected chi connectivity index (χ2v) is 10.8. The molecule has 5 rings (SSSR count). The van der Waals surface area contributed by atoms with Crippen LogP contribution in [0.2, 0.25) is 5.02 Å². The number of benzene rings is 2. The number of aliphatic hydroxyl groups is 1. The van der Waals surface area contributed by atoms with E-state index >= 15 is 0 Å². The molecule has 196 valence electrons. The molecule has 37 heavy (non-hydrogen) atoms. The maximum absolute atomic E-state index is 13.3. The van der Waals surface area contributed by atoms with Crippen LogP contribution in [0.15, 0.2) is 36.5 Å². The second-order valence-electron chi connectivity index (χ2n) is 10.4. The summed E-state index contributed by atoms with van der Waals surface area (Å²) in [5.74, 6) is 0.175. The molecule has 3 N–H and O–H groups in total. The molecular formula is C30H36ClN3O3. The van der Waals surface area contributed by atoms with Gasteiger partial charge in [-0.15, -0.1) is 0 Å². The SMILES string of the molecule is CCN(CC)C1CCC(Nc2c(C(=O)C3CC3)cnc3ccc(-c4cc(Cl)c(O)c(CO)c4)cc23)CC1. The maximum Gasteiger partial charge on any atom is 0.169 e. The van der Waals surface area contributed by atoms with Crippen LogP contribution in [0, 0.1) is 5.92 Å². The Kier molecular flexibility index (Phi) is 7.70. The molecule has 2 fully saturated rings. The van der Waals surface area contributed by atoms with Gasteiger partial charge in [0.25, 0.3) is 0 Å². The van der Waals surface area contributed by atoms with Crippen molar-refractivity contribution in [3.63, 3.8) is 0 Å². The van der Waals surface area contributed by atoms with Gasteiger partial charge in [-0.05, 0) is 87.0 Å². The quantitative estimate of drug-likeness (QED) is 0.282. The lowest BCUT2D eigenvalue weighted by Gasteiger charge is -2.36. The van der Waals surface area contributed by atoms with Crippen LogP contribution in [0.3, 0.4) is 0 Å². The van der Waals surface area contributed by atoms with Crippen LogP contribution >= 0.6 is 11.6 Å². The van der Waals surface area contributed by atoms with Gasteiger partial charge in [0.05, 0.1) is 28.4 Å². The van der Waals surface area contributed by atoms with Crippen LogP contribution in [0.4, 0.5) is 5.69 Å². The maximum atomic E-state index is 13.3. The summed E-state index contributed by atoms with van der Waals surface area (Å²) >= 11 is 6.26. The van der Waals surface area contributed by atoms with Gasteiger partial charge in [0, 0.05) is 35.1 Å². The van der Waals surface area contributed by atoms with Crippen molar-refractivity contribution >= 4 is 34.0 Å². The number of phenols is 1. The van der Waals surface area contributed by atoms with Crippen LogP contribution in [-0.4, -0.2) is 51.1 Å². The second kappa shape index (κ2) is 11.0. The molecule has 2 saturated carbocycles. The molecule has 1 heterocycles. The number of nitrogens with one attached hydrogen (secondary N) is 1. The van der Waals surface area contributed by atoms with E-state index in [-0.39, 0.29) is 29.1 Å². The normalized spacial score (nSPS) is 19.9. The Labute approximate surface area is 223 Å². The number of hydrogen-bond acceptors (Lipinski definition) is 6. The van der Waals surface area contributed by atoms with E-state index in [4.69, 9.17) is 11.6 Å². The van der Waals surface area contributed by atoms with Crippen molar-refractivity contribution in [1.82, 2.24) is 9.88 Å². The van der Waals surface area contributed by atoms with E-state index in [1.165, 1.54) is 0 Å². The molecule has 0 unspecified atom stereocenters. The number of aliphatic hydroxyl groups excluding tert-OH is 1. The lowest BCUT2D eigenvalue weighted by atomic mass is 9.89. The van der Waals surface area contributed by atoms with Crippen molar-refractivity contribution < 1.29 is 15.0 Å². The molecular weight excluding hydrogens is 486 g/mol. The van der Waals surface area contributed by atoms with E-state index in [2.05, 4.69) is 29.0 Å². The molecule has 0 bridgehead atoms. The number of anilines is 1. The first kappa shape index (κ1) is 26.0. The minimum Gasteiger partial charge on any atom is -0.506 e. The van der Waals surface area contributed by atoms with E-state index in [1.807, 2.05) is 18.2 Å². The van der Waals surface area contributed by atoms with Crippen molar-refractivity contribution in [2.24, 2.45) is 5.92 Å². The summed E-state index contributed by atoms with van der Waals surface area (Å²) in [5.41, 5.74) is 4.43. The average molecular weight is 522 g/mol. The number of pyridine rings is 1. The first-order chi connectivity index (χ1) is 17.9. The van der Waals surface area contributed by atoms with Gasteiger partial charge in [-0.2, -0.15) is 0 Å². The van der Waals surface area contributed by atoms with Gasteiger partial charge in [-0.1, -0.05) is 31.5 Å². The summed E-state index contributed by atoms with van der Waals surface area (Å²) in [6, 6.07) is 10.3. The summed E-state index contributed by atoms with van der Waals surface area (Å²) in [6.45, 7) is 6.31. The van der Waals surface area contributed by atoms with Crippen LogP contribution in [0.1, 0.15) is 68.3 Å². The van der Waals surface area contributed by atoms with Crippen LogP contribution in [0.25, 0.3) is 22.0 Å². The Morgan fingerprint density at radius 2 is 1.78 bits per heavy atom. The Bertz CT molecular complexity index is 1290. The Hall–Kier alpha value is -2.67. The number of halogens is 1. The zero-order valence-electron chi connectivity index (χ0n) is 21.6. The number of fused-ring (bicyclic) bond motifs is 1. The smallest absolute Gasteiger partial charge is 0.169 e. The minimum atomic E-state index is -0.308. The summed E-state index contributed by atoms with van der Waals surface area (Å²) in [7, 11) is 0. The van der Waals surface area contributed by atoms with Gasteiger partial charge in [0.15, 0.2) is 5.78 Å². The first-order valence-corrected chi connectivity index (χ1v) is 13.9. The van der Waals surface area contributed by atoms with Gasteiger partial charge in [0.1, 0.15) is 5.75 Å². The summed E-state index contributed by atoms with van der Waals surface area (Å²) < 4.78 is 0. The number of carbonyl (C=O) groups is 1. The molecule has 0 spiro atoms. The predicted molar refractivity (Wildman–Crippen MR) is 149 cm³/mol. The van der Waals surface area contributed by atoms with Crippen molar-refractivity contribution in [3.8, 4) is 16.9 Å². The lowest BCUT2D eigenvalue weighted by Crippen LogP contribution is -2.40. The zero-order valence-corrected chi connectivity index (χ0v) is 22.4. The van der Waals surface area contributed by atoms with E-state index in [9.17, 15) is 15.0 Å². The van der Waals surface area contributed by atoms with E-state index in [0.29, 0.717) is 23.2 Å². The predicted octanol–water partition coefficient (Wildman–Crippen LogP) is 6.41. The minimum absolute atomic E-state index is 0.101. The molecule has 0 radical (unpaired) electrons. The fourth-order valence-corrected chi connectivity index (χ4v) is 5.99. The summed E-state index contributed by atoms with van der Waals surface area (Å²) in [4.78, 5) is 20.5. The highest BCUT2D eigenvalue weighted by molar-refractivity contribution is 6.32. The highest BCUT2D eigenvalue weighted by atomic mass is 35.5. The van der Waals surface area contributed by atoms with Crippen molar-refractivity contribution in [2.45, 2.75) is 71.1 Å². The molecule has 0 aliphatic heterocycles. The monoisotopic (exact) mass is 521 g/mol. The Morgan fingerprint density at radius 3 is 2.43 bits per heavy atom. The first-order valence-electron chi connectivity index (χ1n) is 13.5. The number of carbonyl (C=O) groups excluding carboxylic acids is 1. The molecule has 3 aromatic rings. The van der Waals surface area contributed by atoms with E-state index < -0.39 is 0 Å². The Morgan fingerprint density at radius 1 is 1.05 bits per heavy atom. The van der Waals surface area contributed by atoms with Gasteiger partial charge < -0.3 is 20.4 Å². The van der Waals surface area contributed by atoms with E-state index in [0.717, 1.165) is 79.3 Å². The number of nitrogens with zero attached hydrogens (tertiary/aromatic N) is 2. The van der Waals surface area contributed by atoms with Crippen molar-refractivity contribution in [1.29, 1.82) is 0 Å². The van der Waals surface area contributed by atoms with Gasteiger partial charge in [-0.25, -0.2) is 0 Å². The molecule has 2 aliphatic rings. The number of hydrogen-bond donors (Lipinski definition) is 3. The molecule has 2 aromatic carbocycles. The molecule has 1 aromatic heterocycles. The molecule has 2 aliphatic carbocycles. The summed E-state index contributed by atoms with van der Waals surface area (Å²) in [6.07, 6.45) is 8.06. The van der Waals surface area contributed by atoms with Gasteiger partial charge >= 0.3 is 0 Å². The fraction of sp³-hybridized carbons (Fsp3) is 0.467. The topological polar surface area (TPSA) is 85.7 Å². The third-order valence-electron chi connectivity index (χ3n) is 8.10. The number of rotatable bonds is 9. The number of aromatic hydroxyl groups is 1. The fourth-order valence-electron chi connectivity index (χ4n) is 5.75. The molecule has 7 heteroatoms. The average Bonchev–Trinajstić information content (AvgIpc) is 3.77. The molecule has 0 saturated heterocycles. The largest absolute Gasteiger partial charge is 0.506 e. The Balaban J connectivity index is 1.52. The summed E-state index contributed by atoms with van der Waals surface area (Å²) in [5, 5.41) is 24.7. The molecule has 0 amide bonds. The van der Waals surface area contributed by atoms with E-state index in [1.54, 1.807) is 18.3 Å². The van der Waals surface area contributed by atoms with Gasteiger partial charge in [-0.3, -0.25) is 9.78 Å². The highest BCUT2D eigenvalue weighted by Gasteiger charge is 2.33. The highest BCUT2D eigenvalue weighted by Crippen LogP contribution is 2.40. The van der Waals surface area contributed by atoms with Gasteiger partial charge in [0.2, 0.25) is 0 Å². The van der Waals surface area contributed by atoms with Crippen LogP contribution < -0.4 is 5.32 Å². The molecule has 0 atom stereocenters. The number of ketones is 1. The van der Waals surface area contributed by atoms with Crippen molar-refractivity contribution in [3.05, 3.63) is 52.7 Å². The zero-order chi connectivity index (χ0) is 26.1. The number of aromatic nitrogens is 1. The third-order valence-corrected chi connectivity index (χ3v) is 8.39. The standard InChI is InChI=1S/C30H36ClN3O3/c1-3-34(4-2)23-10-8-22(9-11-23)33-28-24-14-19(20-13-21(17-35)30(37)26(31)15-20)7-12-27(24)32-16-25(28)29(36)18-5-6-18/h7,12-16,18,22-23,35,37H,3-6,8-11,17H2,1-2H3,(H,32,33). The van der Waals surface area contributed by atoms with Crippen molar-refractivity contribution in [2.75, 3.05) is 18.4 Å². The lowest BCUT2D eigenvalue weighted by molar-refractivity contribution is 0.0968. The number of Topliss-reactive ketones (excluding diaryl/α,β-unsaturated/α-hetero) is 1.